The SMILES string of the molecule is CS(=O)(=O)Nc1ccccc1C(=O)NCc1ccc(C(=O)Nc2cc(-c3ccccc3)ccc2N)cc1. The van der Waals surface area contributed by atoms with Crippen molar-refractivity contribution in [1.82, 2.24) is 5.32 Å². The molecule has 5 N–H and O–H groups in total. The van der Waals surface area contributed by atoms with E-state index in [1.165, 1.54) is 12.1 Å². The molecule has 0 aromatic heterocycles. The lowest BCUT2D eigenvalue weighted by molar-refractivity contribution is 0.0950. The first kappa shape index (κ1) is 25.5. The van der Waals surface area contributed by atoms with E-state index >= 15 is 0 Å². The summed E-state index contributed by atoms with van der Waals surface area (Å²) < 4.78 is 25.5. The Balaban J connectivity index is 1.40. The van der Waals surface area contributed by atoms with E-state index in [-0.39, 0.29) is 23.7 Å². The molecule has 0 aliphatic rings. The molecule has 9 heteroatoms. The van der Waals surface area contributed by atoms with Gasteiger partial charge in [-0.05, 0) is 53.1 Å². The normalized spacial score (nSPS) is 10.9. The molecule has 37 heavy (non-hydrogen) atoms. The number of amides is 2. The average Bonchev–Trinajstić information content (AvgIpc) is 2.88. The minimum atomic E-state index is -3.53. The van der Waals surface area contributed by atoms with Gasteiger partial charge < -0.3 is 16.4 Å². The van der Waals surface area contributed by atoms with E-state index in [0.717, 1.165) is 22.9 Å². The van der Waals surface area contributed by atoms with Crippen molar-refractivity contribution in [2.75, 3.05) is 22.0 Å². The van der Waals surface area contributed by atoms with E-state index in [1.54, 1.807) is 42.5 Å². The molecule has 0 radical (unpaired) electrons. The van der Waals surface area contributed by atoms with Crippen LogP contribution in [0.15, 0.2) is 97.1 Å². The lowest BCUT2D eigenvalue weighted by Crippen LogP contribution is -2.24. The summed E-state index contributed by atoms with van der Waals surface area (Å²) in [6.07, 6.45) is 1.02. The van der Waals surface area contributed by atoms with Gasteiger partial charge in [-0.2, -0.15) is 0 Å². The molecule has 0 atom stereocenters. The van der Waals surface area contributed by atoms with Gasteiger partial charge in [-0.25, -0.2) is 8.42 Å². The van der Waals surface area contributed by atoms with Crippen molar-refractivity contribution in [3.8, 4) is 11.1 Å². The Bertz CT molecular complexity index is 1540. The number of sulfonamides is 1. The predicted molar refractivity (Wildman–Crippen MR) is 147 cm³/mol. The van der Waals surface area contributed by atoms with Crippen LogP contribution in [-0.2, 0) is 16.6 Å². The number of nitrogens with one attached hydrogen (secondary N) is 3. The standard InChI is InChI=1S/C28H26N4O4S/c1-37(35,36)32-25-10-6-5-9-23(25)28(34)30-18-19-11-13-21(14-12-19)27(33)31-26-17-22(15-16-24(26)29)20-7-3-2-4-8-20/h2-17,32H,18,29H2,1H3,(H,30,34)(H,31,33). The van der Waals surface area contributed by atoms with Gasteiger partial charge >= 0.3 is 0 Å². The van der Waals surface area contributed by atoms with Gasteiger partial charge in [-0.15, -0.1) is 0 Å². The molecule has 0 fully saturated rings. The van der Waals surface area contributed by atoms with Gasteiger partial charge in [0.05, 0.1) is 28.9 Å². The number of hydrogen-bond acceptors (Lipinski definition) is 5. The van der Waals surface area contributed by atoms with Crippen LogP contribution >= 0.6 is 0 Å². The second kappa shape index (κ2) is 11.0. The number of hydrogen-bond donors (Lipinski definition) is 4. The fourth-order valence-electron chi connectivity index (χ4n) is 3.69. The fourth-order valence-corrected chi connectivity index (χ4v) is 4.27. The highest BCUT2D eigenvalue weighted by Gasteiger charge is 2.14. The second-order valence-corrected chi connectivity index (χ2v) is 10.2. The Morgan fingerprint density at radius 1 is 0.757 bits per heavy atom. The molecular formula is C28H26N4O4S. The van der Waals surface area contributed by atoms with Crippen molar-refractivity contribution < 1.29 is 18.0 Å². The summed E-state index contributed by atoms with van der Waals surface area (Å²) in [6.45, 7) is 0.194. The van der Waals surface area contributed by atoms with Gasteiger partial charge in [0.1, 0.15) is 0 Å². The Hall–Kier alpha value is -4.63. The maximum atomic E-state index is 12.8. The molecule has 0 heterocycles. The van der Waals surface area contributed by atoms with Gasteiger partial charge in [-0.1, -0.05) is 60.7 Å². The summed E-state index contributed by atoms with van der Waals surface area (Å²) in [7, 11) is -3.53. The van der Waals surface area contributed by atoms with Gasteiger partial charge in [0.2, 0.25) is 10.0 Å². The summed E-state index contributed by atoms with van der Waals surface area (Å²) in [5, 5.41) is 5.63. The number of rotatable bonds is 8. The van der Waals surface area contributed by atoms with Crippen molar-refractivity contribution in [2.24, 2.45) is 0 Å². The number of carbonyl (C=O) groups excluding carboxylic acids is 2. The first-order valence-corrected chi connectivity index (χ1v) is 13.3. The minimum absolute atomic E-state index is 0.194. The quantitative estimate of drug-likeness (QED) is 0.257. The summed E-state index contributed by atoms with van der Waals surface area (Å²) in [5.41, 5.74) is 10.6. The molecule has 0 aliphatic heterocycles. The molecule has 4 aromatic carbocycles. The third-order valence-corrected chi connectivity index (χ3v) is 6.14. The minimum Gasteiger partial charge on any atom is -0.397 e. The summed E-state index contributed by atoms with van der Waals surface area (Å²) >= 11 is 0. The van der Waals surface area contributed by atoms with Crippen LogP contribution in [0.4, 0.5) is 17.1 Å². The first-order valence-electron chi connectivity index (χ1n) is 11.4. The van der Waals surface area contributed by atoms with E-state index in [4.69, 9.17) is 5.73 Å². The van der Waals surface area contributed by atoms with Crippen molar-refractivity contribution in [2.45, 2.75) is 6.54 Å². The first-order chi connectivity index (χ1) is 17.7. The van der Waals surface area contributed by atoms with Crippen molar-refractivity contribution in [3.05, 3.63) is 114 Å². The number of nitrogen functional groups attached to an aromatic ring is 1. The summed E-state index contributed by atoms with van der Waals surface area (Å²) in [4.78, 5) is 25.5. The van der Waals surface area contributed by atoms with E-state index in [1.807, 2.05) is 42.5 Å². The molecule has 4 rings (SSSR count). The highest BCUT2D eigenvalue weighted by atomic mass is 32.2. The average molecular weight is 515 g/mol. The van der Waals surface area contributed by atoms with Crippen LogP contribution < -0.4 is 21.1 Å². The zero-order chi connectivity index (χ0) is 26.4. The van der Waals surface area contributed by atoms with Crippen molar-refractivity contribution >= 4 is 38.9 Å². The summed E-state index contributed by atoms with van der Waals surface area (Å²) in [6, 6.07) is 28.4. The molecule has 188 valence electrons. The van der Waals surface area contributed by atoms with Crippen LogP contribution in [-0.4, -0.2) is 26.5 Å². The largest absolute Gasteiger partial charge is 0.397 e. The van der Waals surface area contributed by atoms with E-state index in [0.29, 0.717) is 16.9 Å². The molecule has 0 aliphatic carbocycles. The highest BCUT2D eigenvalue weighted by Crippen LogP contribution is 2.27. The molecule has 0 spiro atoms. The predicted octanol–water partition coefficient (Wildman–Crippen LogP) is 4.49. The van der Waals surface area contributed by atoms with Gasteiger partial charge in [0, 0.05) is 12.1 Å². The van der Waals surface area contributed by atoms with Crippen LogP contribution in [0.1, 0.15) is 26.3 Å². The lowest BCUT2D eigenvalue weighted by Gasteiger charge is -2.12. The molecule has 4 aromatic rings. The lowest BCUT2D eigenvalue weighted by atomic mass is 10.0. The number of nitrogens with two attached hydrogens (primary N) is 1. The molecule has 2 amide bonds. The maximum Gasteiger partial charge on any atom is 0.255 e. The van der Waals surface area contributed by atoms with Gasteiger partial charge in [-0.3, -0.25) is 14.3 Å². The fraction of sp³-hybridized carbons (Fsp3) is 0.0714. The highest BCUT2D eigenvalue weighted by molar-refractivity contribution is 7.92. The maximum absolute atomic E-state index is 12.8. The number of anilines is 3. The van der Waals surface area contributed by atoms with E-state index in [2.05, 4.69) is 15.4 Å². The summed E-state index contributed by atoms with van der Waals surface area (Å²) in [5.74, 6) is -0.740. The van der Waals surface area contributed by atoms with E-state index in [9.17, 15) is 18.0 Å². The molecule has 0 saturated carbocycles. The zero-order valence-corrected chi connectivity index (χ0v) is 20.9. The Morgan fingerprint density at radius 3 is 2.14 bits per heavy atom. The molecule has 0 unspecified atom stereocenters. The van der Waals surface area contributed by atoms with Crippen LogP contribution in [0, 0.1) is 0 Å². The Labute approximate surface area is 215 Å². The van der Waals surface area contributed by atoms with Crippen molar-refractivity contribution in [1.29, 1.82) is 0 Å². The van der Waals surface area contributed by atoms with Crippen molar-refractivity contribution in [3.63, 3.8) is 0 Å². The third-order valence-electron chi connectivity index (χ3n) is 5.54. The number of para-hydroxylation sites is 1. The zero-order valence-electron chi connectivity index (χ0n) is 20.1. The monoisotopic (exact) mass is 514 g/mol. The van der Waals surface area contributed by atoms with Gasteiger partial charge in [0.15, 0.2) is 0 Å². The number of benzene rings is 4. The Morgan fingerprint density at radius 2 is 1.43 bits per heavy atom. The van der Waals surface area contributed by atoms with Gasteiger partial charge in [0.25, 0.3) is 11.8 Å². The topological polar surface area (TPSA) is 130 Å². The molecule has 0 bridgehead atoms. The van der Waals surface area contributed by atoms with Crippen LogP contribution in [0.25, 0.3) is 11.1 Å². The molecular weight excluding hydrogens is 488 g/mol. The second-order valence-electron chi connectivity index (χ2n) is 8.42. The van der Waals surface area contributed by atoms with Crippen LogP contribution in [0.5, 0.6) is 0 Å². The van der Waals surface area contributed by atoms with E-state index < -0.39 is 15.9 Å². The smallest absolute Gasteiger partial charge is 0.255 e. The van der Waals surface area contributed by atoms with Crippen LogP contribution in [0.3, 0.4) is 0 Å². The van der Waals surface area contributed by atoms with Crippen LogP contribution in [0.2, 0.25) is 0 Å². The Kier molecular flexibility index (Phi) is 7.55. The third kappa shape index (κ3) is 6.74. The molecule has 0 saturated heterocycles. The molecule has 8 nitrogen and oxygen atoms in total. The number of carbonyl (C=O) groups is 2.